The Hall–Kier alpha value is -2.04. The molecule has 0 fully saturated rings. The molecule has 1 aromatic heterocycles. The van der Waals surface area contributed by atoms with Crippen LogP contribution in [0.15, 0.2) is 36.0 Å². The average molecular weight is 250 g/mol. The zero-order chi connectivity index (χ0) is 13.3. The van der Waals surface area contributed by atoms with Crippen molar-refractivity contribution in [2.24, 2.45) is 0 Å². The first-order valence-corrected chi connectivity index (χ1v) is 5.67. The normalized spacial score (nSPS) is 18.3. The summed E-state index contributed by atoms with van der Waals surface area (Å²) in [6.45, 7) is 5.32. The minimum atomic E-state index is -1.12. The molecule has 1 aliphatic rings. The maximum absolute atomic E-state index is 11.8. The van der Waals surface area contributed by atoms with E-state index >= 15 is 0 Å². The molecule has 0 amide bonds. The first-order chi connectivity index (χ1) is 8.37. The van der Waals surface area contributed by atoms with Gasteiger partial charge in [-0.05, 0) is 12.5 Å². The van der Waals surface area contributed by atoms with Crippen molar-refractivity contribution in [1.82, 2.24) is 0 Å². The minimum absolute atomic E-state index is 0.114. The Morgan fingerprint density at radius 2 is 1.89 bits per heavy atom. The number of carbonyl (C=O) groups is 1. The van der Waals surface area contributed by atoms with Crippen LogP contribution in [0.1, 0.15) is 19.4 Å². The molecule has 0 saturated carbocycles. The Kier molecular flexibility index (Phi) is 2.98. The number of carbonyl (C=O) groups excluding carboxylic acids is 1. The standard InChI is InChI=1S/C13H15NO4/c1-9-4-6-14(7-5-9)8-10-11(15)17-13(2,3)18-12(10)16/h4-7H,8H2,1-3H3/p+1. The zero-order valence-corrected chi connectivity index (χ0v) is 10.6. The second-order valence-corrected chi connectivity index (χ2v) is 4.72. The summed E-state index contributed by atoms with van der Waals surface area (Å²) in [6, 6.07) is 3.83. The fourth-order valence-corrected chi connectivity index (χ4v) is 1.64. The van der Waals surface area contributed by atoms with Crippen LogP contribution >= 0.6 is 0 Å². The third-order valence-electron chi connectivity index (χ3n) is 2.58. The summed E-state index contributed by atoms with van der Waals surface area (Å²) in [4.78, 5) is 11.8. The lowest BCUT2D eigenvalue weighted by Crippen LogP contribution is -2.42. The van der Waals surface area contributed by atoms with Crippen molar-refractivity contribution >= 4 is 5.97 Å². The second-order valence-electron chi connectivity index (χ2n) is 4.72. The summed E-state index contributed by atoms with van der Waals surface area (Å²) < 4.78 is 12.0. The monoisotopic (exact) mass is 250 g/mol. The van der Waals surface area contributed by atoms with Gasteiger partial charge in [0.2, 0.25) is 0 Å². The van der Waals surface area contributed by atoms with Gasteiger partial charge in [-0.3, -0.25) is 0 Å². The van der Waals surface area contributed by atoms with Gasteiger partial charge in [-0.2, -0.15) is 0 Å². The minimum Gasteiger partial charge on any atom is -0.480 e. The number of aryl methyl sites for hydroxylation is 1. The van der Waals surface area contributed by atoms with Crippen LogP contribution in [0.25, 0.3) is 0 Å². The predicted octanol–water partition coefficient (Wildman–Crippen LogP) is 1.36. The third-order valence-corrected chi connectivity index (χ3v) is 2.58. The van der Waals surface area contributed by atoms with Gasteiger partial charge in [0, 0.05) is 26.0 Å². The molecule has 0 radical (unpaired) electrons. The number of rotatable bonds is 2. The van der Waals surface area contributed by atoms with Gasteiger partial charge < -0.3 is 14.6 Å². The van der Waals surface area contributed by atoms with E-state index in [1.807, 2.05) is 31.5 Å². The summed E-state index contributed by atoms with van der Waals surface area (Å²) in [5.41, 5.74) is 1.23. The van der Waals surface area contributed by atoms with E-state index in [1.165, 1.54) is 0 Å². The van der Waals surface area contributed by atoms with E-state index in [2.05, 4.69) is 0 Å². The van der Waals surface area contributed by atoms with Crippen molar-refractivity contribution in [1.29, 1.82) is 0 Å². The molecule has 0 spiro atoms. The van der Waals surface area contributed by atoms with Crippen LogP contribution in [0.5, 0.6) is 0 Å². The highest BCUT2D eigenvalue weighted by Gasteiger charge is 2.37. The van der Waals surface area contributed by atoms with Crippen molar-refractivity contribution in [3.05, 3.63) is 41.6 Å². The molecular formula is C13H16NO4+. The van der Waals surface area contributed by atoms with Crippen LogP contribution in [-0.2, 0) is 20.8 Å². The Bertz CT molecular complexity index is 502. The number of aromatic nitrogens is 1. The molecule has 1 aromatic rings. The van der Waals surface area contributed by atoms with E-state index in [9.17, 15) is 9.90 Å². The Labute approximate surface area is 105 Å². The topological polar surface area (TPSA) is 59.6 Å². The van der Waals surface area contributed by atoms with Gasteiger partial charge in [0.05, 0.1) is 0 Å². The van der Waals surface area contributed by atoms with Gasteiger partial charge in [0.15, 0.2) is 24.5 Å². The van der Waals surface area contributed by atoms with E-state index in [4.69, 9.17) is 9.47 Å². The first kappa shape index (κ1) is 12.4. The molecule has 2 rings (SSSR count). The fraction of sp³-hybridized carbons (Fsp3) is 0.385. The molecule has 0 aliphatic carbocycles. The number of aliphatic hydroxyl groups is 1. The molecule has 1 N–H and O–H groups in total. The van der Waals surface area contributed by atoms with E-state index in [0.717, 1.165) is 5.56 Å². The molecule has 0 atom stereocenters. The largest absolute Gasteiger partial charge is 0.480 e. The molecule has 96 valence electrons. The van der Waals surface area contributed by atoms with Gasteiger partial charge in [-0.1, -0.05) is 0 Å². The average Bonchev–Trinajstić information content (AvgIpc) is 2.24. The SMILES string of the molecule is Cc1cc[n+](CC2=C(O)OC(C)(C)OC2=O)cc1. The summed E-state index contributed by atoms with van der Waals surface area (Å²) >= 11 is 0. The molecule has 0 saturated heterocycles. The summed E-state index contributed by atoms with van der Waals surface area (Å²) in [5, 5.41) is 9.73. The molecular weight excluding hydrogens is 234 g/mol. The number of pyridine rings is 1. The number of nitrogens with zero attached hydrogens (tertiary/aromatic N) is 1. The van der Waals surface area contributed by atoms with Crippen LogP contribution in [-0.4, -0.2) is 16.9 Å². The lowest BCUT2D eigenvalue weighted by atomic mass is 10.2. The lowest BCUT2D eigenvalue weighted by Gasteiger charge is -2.29. The number of ether oxygens (including phenoxy) is 2. The fourth-order valence-electron chi connectivity index (χ4n) is 1.64. The summed E-state index contributed by atoms with van der Waals surface area (Å²) in [7, 11) is 0. The smallest absolute Gasteiger partial charge is 0.351 e. The predicted molar refractivity (Wildman–Crippen MR) is 62.3 cm³/mol. The molecule has 5 heteroatoms. The highest BCUT2D eigenvalue weighted by molar-refractivity contribution is 5.89. The molecule has 2 heterocycles. The summed E-state index contributed by atoms with van der Waals surface area (Å²) in [6.07, 6.45) is 3.64. The third kappa shape index (κ3) is 2.61. The van der Waals surface area contributed by atoms with Crippen LogP contribution in [0.4, 0.5) is 0 Å². The molecule has 0 aromatic carbocycles. The number of hydrogen-bond donors (Lipinski definition) is 1. The molecule has 18 heavy (non-hydrogen) atoms. The Morgan fingerprint density at radius 1 is 1.28 bits per heavy atom. The van der Waals surface area contributed by atoms with Crippen LogP contribution in [0.2, 0.25) is 0 Å². The van der Waals surface area contributed by atoms with Gasteiger partial charge in [-0.25, -0.2) is 9.36 Å². The van der Waals surface area contributed by atoms with E-state index < -0.39 is 11.8 Å². The molecule has 0 bridgehead atoms. The molecule has 5 nitrogen and oxygen atoms in total. The van der Waals surface area contributed by atoms with Gasteiger partial charge in [0.25, 0.3) is 11.7 Å². The van der Waals surface area contributed by atoms with Crippen molar-refractivity contribution in [2.45, 2.75) is 33.1 Å². The van der Waals surface area contributed by atoms with Crippen molar-refractivity contribution in [3.63, 3.8) is 0 Å². The van der Waals surface area contributed by atoms with E-state index in [0.29, 0.717) is 0 Å². The maximum Gasteiger partial charge on any atom is 0.351 e. The number of cyclic esters (lactones) is 1. The zero-order valence-electron chi connectivity index (χ0n) is 10.6. The quantitative estimate of drug-likeness (QED) is 0.636. The highest BCUT2D eigenvalue weighted by Crippen LogP contribution is 2.24. The van der Waals surface area contributed by atoms with E-state index in [-0.39, 0.29) is 18.1 Å². The van der Waals surface area contributed by atoms with E-state index in [1.54, 1.807) is 18.4 Å². The van der Waals surface area contributed by atoms with Crippen LogP contribution in [0, 0.1) is 6.92 Å². The highest BCUT2D eigenvalue weighted by atomic mass is 16.8. The number of esters is 1. The Morgan fingerprint density at radius 3 is 2.44 bits per heavy atom. The Balaban J connectivity index is 2.23. The van der Waals surface area contributed by atoms with Gasteiger partial charge in [0.1, 0.15) is 0 Å². The second kappa shape index (κ2) is 4.33. The van der Waals surface area contributed by atoms with Gasteiger partial charge in [-0.15, -0.1) is 0 Å². The molecule has 1 aliphatic heterocycles. The lowest BCUT2D eigenvalue weighted by molar-refractivity contribution is -0.689. The van der Waals surface area contributed by atoms with Crippen LogP contribution in [0.3, 0.4) is 0 Å². The van der Waals surface area contributed by atoms with Crippen molar-refractivity contribution in [2.75, 3.05) is 0 Å². The number of aliphatic hydroxyl groups excluding tert-OH is 1. The first-order valence-electron chi connectivity index (χ1n) is 5.67. The van der Waals surface area contributed by atoms with Crippen LogP contribution < -0.4 is 4.57 Å². The van der Waals surface area contributed by atoms with Crippen molar-refractivity contribution in [3.8, 4) is 0 Å². The summed E-state index contributed by atoms with van der Waals surface area (Å²) in [5.74, 6) is -2.05. The number of hydrogen-bond acceptors (Lipinski definition) is 4. The van der Waals surface area contributed by atoms with Crippen molar-refractivity contribution < 1.29 is 23.9 Å². The van der Waals surface area contributed by atoms with Gasteiger partial charge >= 0.3 is 5.97 Å². The maximum atomic E-state index is 11.8. The molecule has 0 unspecified atom stereocenters.